The van der Waals surface area contributed by atoms with Gasteiger partial charge in [0.05, 0.1) is 5.56 Å². The molecule has 90 valence electrons. The largest absolute Gasteiger partial charge is 0.362 e. The van der Waals surface area contributed by atoms with Crippen LogP contribution >= 0.6 is 0 Å². The van der Waals surface area contributed by atoms with Crippen molar-refractivity contribution in [3.8, 4) is 11.4 Å². The molecule has 0 aliphatic heterocycles. The second-order valence-electron chi connectivity index (χ2n) is 3.69. The van der Waals surface area contributed by atoms with Gasteiger partial charge in [-0.1, -0.05) is 0 Å². The van der Waals surface area contributed by atoms with Gasteiger partial charge in [0.15, 0.2) is 5.82 Å². The molecule has 0 atom stereocenters. The van der Waals surface area contributed by atoms with Crippen LogP contribution in [-0.2, 0) is 11.5 Å². The molecule has 0 bridgehead atoms. The van der Waals surface area contributed by atoms with Crippen LogP contribution in [0.5, 0.6) is 0 Å². The van der Waals surface area contributed by atoms with Gasteiger partial charge in [0.25, 0.3) is 0 Å². The Kier molecular flexibility index (Phi) is 3.29. The fourth-order valence-corrected chi connectivity index (χ4v) is 1.29. The third-order valence-electron chi connectivity index (χ3n) is 2.09. The monoisotopic (exact) mass is 234 g/mol. The topological polar surface area (TPSA) is 69.0 Å². The number of hydrogen-bond acceptors (Lipinski definition) is 6. The summed E-state index contributed by atoms with van der Waals surface area (Å²) in [7, 11) is 5.39. The smallest absolute Gasteiger partial charge is 0.224 e. The van der Waals surface area contributed by atoms with E-state index in [2.05, 4.69) is 20.1 Å². The van der Waals surface area contributed by atoms with E-state index in [4.69, 9.17) is 4.74 Å². The van der Waals surface area contributed by atoms with Crippen molar-refractivity contribution < 1.29 is 4.74 Å². The maximum Gasteiger partial charge on any atom is 0.224 e. The summed E-state index contributed by atoms with van der Waals surface area (Å²) in [6.07, 6.45) is 5.02. The fraction of sp³-hybridized carbons (Fsp3) is 0.400. The van der Waals surface area contributed by atoms with Crippen molar-refractivity contribution in [2.75, 3.05) is 26.1 Å². The predicted octanol–water partition coefficient (Wildman–Crippen LogP) is 0.405. The summed E-state index contributed by atoms with van der Waals surface area (Å²) in [4.78, 5) is 14.4. The fourth-order valence-electron chi connectivity index (χ4n) is 1.29. The van der Waals surface area contributed by atoms with Gasteiger partial charge in [-0.2, -0.15) is 0 Å². The van der Waals surface area contributed by atoms with Gasteiger partial charge >= 0.3 is 0 Å². The van der Waals surface area contributed by atoms with E-state index in [1.54, 1.807) is 30.5 Å². The van der Waals surface area contributed by atoms with Crippen LogP contribution in [0.15, 0.2) is 18.7 Å². The van der Waals surface area contributed by atoms with Crippen molar-refractivity contribution in [3.63, 3.8) is 0 Å². The standard InChI is InChI=1S/C10H14N6O/c1-15(2)10-11-4-8(5-12-10)9-13-6-16(14-9)7-17-3/h4-6H,7H2,1-3H3. The molecule has 0 saturated carbocycles. The second-order valence-corrected chi connectivity index (χ2v) is 3.69. The first-order valence-electron chi connectivity index (χ1n) is 5.09. The molecule has 2 heterocycles. The highest BCUT2D eigenvalue weighted by atomic mass is 16.5. The van der Waals surface area contributed by atoms with Crippen LogP contribution in [0.2, 0.25) is 0 Å². The molecule has 0 aliphatic carbocycles. The first kappa shape index (κ1) is 11.5. The molecule has 0 fully saturated rings. The number of nitrogens with zero attached hydrogens (tertiary/aromatic N) is 6. The van der Waals surface area contributed by atoms with Crippen molar-refractivity contribution in [1.82, 2.24) is 24.7 Å². The Hall–Kier alpha value is -2.02. The lowest BCUT2D eigenvalue weighted by Crippen LogP contribution is -2.12. The van der Waals surface area contributed by atoms with Gasteiger partial charge in [-0.25, -0.2) is 19.6 Å². The number of ether oxygens (including phenoxy) is 1. The summed E-state index contributed by atoms with van der Waals surface area (Å²) in [6.45, 7) is 0.379. The van der Waals surface area contributed by atoms with Gasteiger partial charge < -0.3 is 9.64 Å². The minimum Gasteiger partial charge on any atom is -0.362 e. The Balaban J connectivity index is 2.21. The SMILES string of the molecule is COCn1cnc(-c2cnc(N(C)C)nc2)n1. The van der Waals surface area contributed by atoms with E-state index in [0.717, 1.165) is 5.56 Å². The van der Waals surface area contributed by atoms with Gasteiger partial charge in [-0.3, -0.25) is 0 Å². The highest BCUT2D eigenvalue weighted by molar-refractivity contribution is 5.52. The van der Waals surface area contributed by atoms with E-state index in [1.165, 1.54) is 0 Å². The Labute approximate surface area is 99.1 Å². The van der Waals surface area contributed by atoms with Gasteiger partial charge in [0.1, 0.15) is 13.1 Å². The van der Waals surface area contributed by atoms with Crippen molar-refractivity contribution in [3.05, 3.63) is 18.7 Å². The van der Waals surface area contributed by atoms with Crippen LogP contribution in [0, 0.1) is 0 Å². The number of aromatic nitrogens is 5. The Morgan fingerprint density at radius 2 is 1.94 bits per heavy atom. The van der Waals surface area contributed by atoms with E-state index < -0.39 is 0 Å². The van der Waals surface area contributed by atoms with E-state index in [1.807, 2.05) is 19.0 Å². The molecule has 0 aliphatic rings. The van der Waals surface area contributed by atoms with Crippen molar-refractivity contribution >= 4 is 5.95 Å². The predicted molar refractivity (Wildman–Crippen MR) is 62.4 cm³/mol. The molecule has 17 heavy (non-hydrogen) atoms. The number of anilines is 1. The van der Waals surface area contributed by atoms with Crippen LogP contribution in [-0.4, -0.2) is 45.9 Å². The molecule has 2 aromatic heterocycles. The lowest BCUT2D eigenvalue weighted by Gasteiger charge is -2.08. The first-order valence-corrected chi connectivity index (χ1v) is 5.09. The van der Waals surface area contributed by atoms with E-state index in [0.29, 0.717) is 18.5 Å². The molecule has 0 radical (unpaired) electrons. The maximum absolute atomic E-state index is 4.95. The van der Waals surface area contributed by atoms with Crippen LogP contribution in [0.1, 0.15) is 0 Å². The zero-order valence-corrected chi connectivity index (χ0v) is 10.0. The van der Waals surface area contributed by atoms with Crippen molar-refractivity contribution in [1.29, 1.82) is 0 Å². The third kappa shape index (κ3) is 2.56. The maximum atomic E-state index is 4.95. The molecule has 7 nitrogen and oxygen atoms in total. The molecule has 0 spiro atoms. The van der Waals surface area contributed by atoms with E-state index in [9.17, 15) is 0 Å². The molecule has 0 saturated heterocycles. The zero-order valence-electron chi connectivity index (χ0n) is 10.0. The molecular formula is C10H14N6O. The number of hydrogen-bond donors (Lipinski definition) is 0. The van der Waals surface area contributed by atoms with Gasteiger partial charge in [-0.05, 0) is 0 Å². The summed E-state index contributed by atoms with van der Waals surface area (Å²) in [6, 6.07) is 0. The second kappa shape index (κ2) is 4.88. The van der Waals surface area contributed by atoms with Crippen LogP contribution < -0.4 is 4.90 Å². The highest BCUT2D eigenvalue weighted by Gasteiger charge is 2.06. The average molecular weight is 234 g/mol. The summed E-state index contributed by atoms with van der Waals surface area (Å²) >= 11 is 0. The molecule has 0 aromatic carbocycles. The molecule has 0 N–H and O–H groups in total. The normalized spacial score (nSPS) is 10.5. The van der Waals surface area contributed by atoms with E-state index >= 15 is 0 Å². The molecule has 0 amide bonds. The summed E-state index contributed by atoms with van der Waals surface area (Å²) in [5.41, 5.74) is 0.783. The van der Waals surface area contributed by atoms with E-state index in [-0.39, 0.29) is 0 Å². The minimum absolute atomic E-state index is 0.379. The first-order chi connectivity index (χ1) is 8.20. The lowest BCUT2D eigenvalue weighted by molar-refractivity contribution is 0.120. The van der Waals surface area contributed by atoms with Crippen LogP contribution in [0.4, 0.5) is 5.95 Å². The van der Waals surface area contributed by atoms with Crippen molar-refractivity contribution in [2.24, 2.45) is 0 Å². The molecular weight excluding hydrogens is 220 g/mol. The summed E-state index contributed by atoms with van der Waals surface area (Å²) in [5.74, 6) is 1.25. The highest BCUT2D eigenvalue weighted by Crippen LogP contribution is 2.13. The molecule has 2 aromatic rings. The lowest BCUT2D eigenvalue weighted by atomic mass is 10.3. The van der Waals surface area contributed by atoms with Crippen LogP contribution in [0.25, 0.3) is 11.4 Å². The van der Waals surface area contributed by atoms with Gasteiger partial charge in [-0.15, -0.1) is 5.10 Å². The Bertz CT molecular complexity index is 478. The number of rotatable bonds is 4. The zero-order chi connectivity index (χ0) is 12.3. The molecule has 7 heteroatoms. The van der Waals surface area contributed by atoms with Gasteiger partial charge in [0, 0.05) is 33.6 Å². The Morgan fingerprint density at radius 1 is 1.24 bits per heavy atom. The quantitative estimate of drug-likeness (QED) is 0.763. The van der Waals surface area contributed by atoms with Crippen molar-refractivity contribution in [2.45, 2.75) is 6.73 Å². The van der Waals surface area contributed by atoms with Crippen LogP contribution in [0.3, 0.4) is 0 Å². The molecule has 0 unspecified atom stereocenters. The van der Waals surface area contributed by atoms with Gasteiger partial charge in [0.2, 0.25) is 5.95 Å². The summed E-state index contributed by atoms with van der Waals surface area (Å²) < 4.78 is 6.56. The average Bonchev–Trinajstić information content (AvgIpc) is 2.78. The minimum atomic E-state index is 0.379. The Morgan fingerprint density at radius 3 is 2.53 bits per heavy atom. The molecule has 2 rings (SSSR count). The summed E-state index contributed by atoms with van der Waals surface area (Å²) in [5, 5.41) is 4.23. The third-order valence-corrected chi connectivity index (χ3v) is 2.09. The number of methoxy groups -OCH3 is 1.